The summed E-state index contributed by atoms with van der Waals surface area (Å²) in [5, 5.41) is 3.60. The summed E-state index contributed by atoms with van der Waals surface area (Å²) in [6, 6.07) is 17.6. The van der Waals surface area contributed by atoms with E-state index in [4.69, 9.17) is 4.74 Å². The molecule has 0 heterocycles. The minimum Gasteiger partial charge on any atom is -0.497 e. The molecule has 0 bridgehead atoms. The summed E-state index contributed by atoms with van der Waals surface area (Å²) in [5.74, 6) is 1.61. The van der Waals surface area contributed by atoms with Crippen LogP contribution in [-0.2, 0) is 0 Å². The summed E-state index contributed by atoms with van der Waals surface area (Å²) < 4.78 is 6.57. The van der Waals surface area contributed by atoms with E-state index in [9.17, 15) is 0 Å². The number of methoxy groups -OCH3 is 1. The molecule has 1 N–H and O–H groups in total. The molecule has 1 aliphatic rings. The number of nitrogens with one attached hydrogen (secondary N) is 1. The Morgan fingerprint density at radius 2 is 1.85 bits per heavy atom. The summed E-state index contributed by atoms with van der Waals surface area (Å²) in [4.78, 5) is 0. The summed E-state index contributed by atoms with van der Waals surface area (Å²) >= 11 is 2.33. The summed E-state index contributed by atoms with van der Waals surface area (Å²) in [6.07, 6.45) is 2.39. The van der Waals surface area contributed by atoms with E-state index in [1.807, 2.05) is 6.07 Å². The largest absolute Gasteiger partial charge is 0.497 e. The van der Waals surface area contributed by atoms with Gasteiger partial charge < -0.3 is 10.1 Å². The van der Waals surface area contributed by atoms with Gasteiger partial charge in [-0.25, -0.2) is 0 Å². The highest BCUT2D eigenvalue weighted by Gasteiger charge is 2.30. The number of halogens is 1. The summed E-state index contributed by atoms with van der Waals surface area (Å²) in [7, 11) is 1.72. The first-order chi connectivity index (χ1) is 9.74. The van der Waals surface area contributed by atoms with Crippen LogP contribution in [0.4, 0.5) is 5.69 Å². The maximum Gasteiger partial charge on any atom is 0.119 e. The molecule has 2 nitrogen and oxygen atoms in total. The average Bonchev–Trinajstić information content (AvgIpc) is 2.44. The van der Waals surface area contributed by atoms with Crippen molar-refractivity contribution in [1.29, 1.82) is 0 Å². The van der Waals surface area contributed by atoms with Crippen molar-refractivity contribution >= 4 is 28.3 Å². The SMILES string of the molecule is COc1cccc(C2CC(Nc3ccc(I)cc3)C2)c1. The van der Waals surface area contributed by atoms with Crippen molar-refractivity contribution in [3.05, 3.63) is 57.7 Å². The second-order valence-corrected chi connectivity index (χ2v) is 6.54. The lowest BCUT2D eigenvalue weighted by molar-refractivity contribution is 0.370. The molecule has 0 unspecified atom stereocenters. The zero-order valence-electron chi connectivity index (χ0n) is 11.5. The van der Waals surface area contributed by atoms with Gasteiger partial charge in [-0.3, -0.25) is 0 Å². The van der Waals surface area contributed by atoms with Gasteiger partial charge in [-0.2, -0.15) is 0 Å². The van der Waals surface area contributed by atoms with Gasteiger partial charge in [0.1, 0.15) is 5.75 Å². The fourth-order valence-corrected chi connectivity index (χ4v) is 3.04. The molecule has 1 aliphatic carbocycles. The van der Waals surface area contributed by atoms with E-state index in [1.54, 1.807) is 7.11 Å². The van der Waals surface area contributed by atoms with Gasteiger partial charge in [0.25, 0.3) is 0 Å². The molecule has 0 aliphatic heterocycles. The van der Waals surface area contributed by atoms with Crippen LogP contribution in [0, 0.1) is 3.57 Å². The molecule has 20 heavy (non-hydrogen) atoms. The number of rotatable bonds is 4. The van der Waals surface area contributed by atoms with Gasteiger partial charge in [0.2, 0.25) is 0 Å². The topological polar surface area (TPSA) is 21.3 Å². The molecule has 3 rings (SSSR count). The second-order valence-electron chi connectivity index (χ2n) is 5.29. The van der Waals surface area contributed by atoms with E-state index in [0.29, 0.717) is 12.0 Å². The van der Waals surface area contributed by atoms with Crippen molar-refractivity contribution in [2.45, 2.75) is 24.8 Å². The van der Waals surface area contributed by atoms with Crippen molar-refractivity contribution in [3.63, 3.8) is 0 Å². The molecule has 104 valence electrons. The van der Waals surface area contributed by atoms with E-state index < -0.39 is 0 Å². The quantitative estimate of drug-likeness (QED) is 0.781. The van der Waals surface area contributed by atoms with E-state index in [0.717, 1.165) is 5.75 Å². The lowest BCUT2D eigenvalue weighted by Gasteiger charge is -2.37. The van der Waals surface area contributed by atoms with Gasteiger partial charge in [-0.15, -0.1) is 0 Å². The number of hydrogen-bond donors (Lipinski definition) is 1. The lowest BCUT2D eigenvalue weighted by atomic mass is 9.76. The Kier molecular flexibility index (Phi) is 4.15. The summed E-state index contributed by atoms with van der Waals surface area (Å²) in [6.45, 7) is 0. The van der Waals surface area contributed by atoms with Gasteiger partial charge in [-0.1, -0.05) is 12.1 Å². The van der Waals surface area contributed by atoms with E-state index in [-0.39, 0.29) is 0 Å². The highest BCUT2D eigenvalue weighted by atomic mass is 127. The Bertz CT molecular complexity index is 576. The third-order valence-corrected chi connectivity index (χ3v) is 4.64. The third kappa shape index (κ3) is 3.08. The molecule has 1 fully saturated rings. The van der Waals surface area contributed by atoms with E-state index in [2.05, 4.69) is 70.4 Å². The number of benzene rings is 2. The first-order valence-electron chi connectivity index (χ1n) is 6.90. The Morgan fingerprint density at radius 1 is 1.10 bits per heavy atom. The molecule has 3 heteroatoms. The molecule has 0 spiro atoms. The smallest absolute Gasteiger partial charge is 0.119 e. The van der Waals surface area contributed by atoms with Crippen LogP contribution < -0.4 is 10.1 Å². The molecule has 0 radical (unpaired) electrons. The first-order valence-corrected chi connectivity index (χ1v) is 7.98. The fourth-order valence-electron chi connectivity index (χ4n) is 2.69. The molecular weight excluding hydrogens is 361 g/mol. The van der Waals surface area contributed by atoms with Crippen molar-refractivity contribution in [1.82, 2.24) is 0 Å². The standard InChI is InChI=1S/C17H18INO/c1-20-17-4-2-3-12(11-17)13-9-16(10-13)19-15-7-5-14(18)6-8-15/h2-8,11,13,16,19H,9-10H2,1H3. The lowest BCUT2D eigenvalue weighted by Crippen LogP contribution is -2.33. The van der Waals surface area contributed by atoms with Crippen molar-refractivity contribution in [2.75, 3.05) is 12.4 Å². The van der Waals surface area contributed by atoms with Crippen LogP contribution >= 0.6 is 22.6 Å². The Hall–Kier alpha value is -1.23. The predicted octanol–water partition coefficient (Wildman–Crippen LogP) is 4.66. The fraction of sp³-hybridized carbons (Fsp3) is 0.294. The monoisotopic (exact) mass is 379 g/mol. The molecule has 0 aromatic heterocycles. The minimum atomic E-state index is 0.589. The molecular formula is C17H18INO. The van der Waals surface area contributed by atoms with Crippen LogP contribution in [0.1, 0.15) is 24.3 Å². The Balaban J connectivity index is 1.57. The minimum absolute atomic E-state index is 0.589. The van der Waals surface area contributed by atoms with Gasteiger partial charge in [0, 0.05) is 15.3 Å². The number of ether oxygens (including phenoxy) is 1. The predicted molar refractivity (Wildman–Crippen MR) is 91.5 cm³/mol. The van der Waals surface area contributed by atoms with Crippen LogP contribution in [0.3, 0.4) is 0 Å². The first kappa shape index (κ1) is 13.7. The van der Waals surface area contributed by atoms with Crippen LogP contribution in [0.5, 0.6) is 5.75 Å². The number of hydrogen-bond acceptors (Lipinski definition) is 2. The van der Waals surface area contributed by atoms with Crippen molar-refractivity contribution < 1.29 is 4.74 Å². The molecule has 2 aromatic rings. The zero-order valence-corrected chi connectivity index (χ0v) is 13.6. The normalized spacial score (nSPS) is 21.1. The van der Waals surface area contributed by atoms with Crippen LogP contribution in [-0.4, -0.2) is 13.2 Å². The van der Waals surface area contributed by atoms with Gasteiger partial charge in [0.05, 0.1) is 7.11 Å². The Morgan fingerprint density at radius 3 is 2.55 bits per heavy atom. The second kappa shape index (κ2) is 6.04. The molecule has 2 aromatic carbocycles. The number of anilines is 1. The van der Waals surface area contributed by atoms with Crippen LogP contribution in [0.25, 0.3) is 0 Å². The zero-order chi connectivity index (χ0) is 13.9. The maximum absolute atomic E-state index is 5.29. The molecule has 0 saturated heterocycles. The van der Waals surface area contributed by atoms with Crippen molar-refractivity contribution in [3.8, 4) is 5.75 Å². The van der Waals surface area contributed by atoms with E-state index in [1.165, 1.54) is 27.7 Å². The van der Waals surface area contributed by atoms with Crippen LogP contribution in [0.15, 0.2) is 48.5 Å². The van der Waals surface area contributed by atoms with Gasteiger partial charge >= 0.3 is 0 Å². The van der Waals surface area contributed by atoms with Crippen molar-refractivity contribution in [2.24, 2.45) is 0 Å². The van der Waals surface area contributed by atoms with Crippen LogP contribution in [0.2, 0.25) is 0 Å². The molecule has 0 amide bonds. The maximum atomic E-state index is 5.29. The van der Waals surface area contributed by atoms with Gasteiger partial charge in [0.15, 0.2) is 0 Å². The van der Waals surface area contributed by atoms with E-state index >= 15 is 0 Å². The highest BCUT2D eigenvalue weighted by molar-refractivity contribution is 14.1. The average molecular weight is 379 g/mol. The third-order valence-electron chi connectivity index (χ3n) is 3.92. The summed E-state index contributed by atoms with van der Waals surface area (Å²) in [5.41, 5.74) is 2.62. The van der Waals surface area contributed by atoms with Gasteiger partial charge in [-0.05, 0) is 83.3 Å². The Labute approximate surface area is 133 Å². The molecule has 1 saturated carbocycles. The molecule has 0 atom stereocenters. The highest BCUT2D eigenvalue weighted by Crippen LogP contribution is 2.39.